The summed E-state index contributed by atoms with van der Waals surface area (Å²) in [6, 6.07) is 26.9. The molecule has 1 aliphatic heterocycles. The van der Waals surface area contributed by atoms with Crippen LogP contribution in [0, 0.1) is 0 Å². The molecule has 0 bridgehead atoms. The Labute approximate surface area is 203 Å². The van der Waals surface area contributed by atoms with Crippen LogP contribution in [0.2, 0.25) is 0 Å². The van der Waals surface area contributed by atoms with E-state index in [1.807, 2.05) is 23.1 Å². The van der Waals surface area contributed by atoms with Gasteiger partial charge in [-0.15, -0.1) is 10.2 Å². The van der Waals surface area contributed by atoms with E-state index >= 15 is 0 Å². The van der Waals surface area contributed by atoms with Crippen LogP contribution in [-0.2, 0) is 24.2 Å². The van der Waals surface area contributed by atoms with Gasteiger partial charge in [0.1, 0.15) is 5.82 Å². The number of fused-ring (bicyclic) bond motifs is 2. The fourth-order valence-corrected chi connectivity index (χ4v) is 5.50. The maximum absolute atomic E-state index is 13.7. The van der Waals surface area contributed by atoms with Crippen molar-refractivity contribution >= 4 is 29.0 Å². The molecule has 1 fully saturated rings. The topological polar surface area (TPSA) is 51.0 Å². The molecule has 1 saturated carbocycles. The van der Waals surface area contributed by atoms with Gasteiger partial charge in [0.05, 0.1) is 23.7 Å². The highest BCUT2D eigenvalue weighted by atomic mass is 32.2. The number of amides is 1. The fraction of sp³-hybridized carbons (Fsp3) is 0.250. The smallest absolute Gasteiger partial charge is 0.242 e. The Morgan fingerprint density at radius 2 is 1.44 bits per heavy atom. The number of aromatic nitrogens is 3. The number of carbonyl (C=O) groups is 1. The first-order valence-electron chi connectivity index (χ1n) is 11.9. The molecule has 6 heteroatoms. The van der Waals surface area contributed by atoms with Gasteiger partial charge in [-0.05, 0) is 54.5 Å². The fourth-order valence-electron chi connectivity index (χ4n) is 4.70. The van der Waals surface area contributed by atoms with Gasteiger partial charge in [-0.2, -0.15) is 0 Å². The molecule has 1 aromatic heterocycles. The Balaban J connectivity index is 1.29. The monoisotopic (exact) mass is 466 g/mol. The molecule has 3 aromatic carbocycles. The maximum atomic E-state index is 13.7. The molecule has 0 saturated heterocycles. The molecule has 1 amide bonds. The van der Waals surface area contributed by atoms with Gasteiger partial charge in [-0.3, -0.25) is 9.69 Å². The maximum Gasteiger partial charge on any atom is 0.242 e. The van der Waals surface area contributed by atoms with Crippen LogP contribution in [0.1, 0.15) is 41.3 Å². The van der Waals surface area contributed by atoms with Gasteiger partial charge in [-0.25, -0.2) is 0 Å². The highest BCUT2D eigenvalue weighted by molar-refractivity contribution is 7.99. The molecule has 0 spiro atoms. The molecule has 5 nitrogen and oxygen atoms in total. The van der Waals surface area contributed by atoms with Crippen molar-refractivity contribution in [1.82, 2.24) is 14.8 Å². The first kappa shape index (κ1) is 21.2. The predicted octanol–water partition coefficient (Wildman–Crippen LogP) is 5.76. The Bertz CT molecular complexity index is 1280. The highest BCUT2D eigenvalue weighted by Gasteiger charge is 2.31. The second kappa shape index (κ2) is 9.11. The number of benzene rings is 3. The van der Waals surface area contributed by atoms with E-state index in [2.05, 4.69) is 75.4 Å². The summed E-state index contributed by atoms with van der Waals surface area (Å²) in [5.74, 6) is 1.91. The summed E-state index contributed by atoms with van der Waals surface area (Å²) in [6.45, 7) is 0.728. The quantitative estimate of drug-likeness (QED) is 0.339. The predicted molar refractivity (Wildman–Crippen MR) is 136 cm³/mol. The molecule has 0 radical (unpaired) electrons. The van der Waals surface area contributed by atoms with E-state index in [4.69, 9.17) is 0 Å². The van der Waals surface area contributed by atoms with Crippen molar-refractivity contribution in [2.24, 2.45) is 0 Å². The molecule has 4 aromatic rings. The van der Waals surface area contributed by atoms with Gasteiger partial charge in [0.2, 0.25) is 5.91 Å². The van der Waals surface area contributed by atoms with Crippen molar-refractivity contribution in [3.05, 3.63) is 101 Å². The van der Waals surface area contributed by atoms with Crippen molar-refractivity contribution in [2.45, 2.75) is 43.3 Å². The van der Waals surface area contributed by atoms with E-state index in [0.29, 0.717) is 11.7 Å². The lowest BCUT2D eigenvalue weighted by Crippen LogP contribution is -2.28. The first-order valence-corrected chi connectivity index (χ1v) is 12.8. The number of para-hydroxylation sites is 2. The van der Waals surface area contributed by atoms with Crippen molar-refractivity contribution in [2.75, 3.05) is 10.7 Å². The second-order valence-corrected chi connectivity index (χ2v) is 9.90. The molecule has 1 aliphatic carbocycles. The van der Waals surface area contributed by atoms with E-state index in [1.54, 1.807) is 0 Å². The summed E-state index contributed by atoms with van der Waals surface area (Å²) in [5, 5.41) is 9.84. The Morgan fingerprint density at radius 1 is 0.824 bits per heavy atom. The van der Waals surface area contributed by atoms with Crippen LogP contribution in [0.4, 0.5) is 11.4 Å². The number of nitrogens with zero attached hydrogens (tertiary/aromatic N) is 4. The van der Waals surface area contributed by atoms with Gasteiger partial charge >= 0.3 is 0 Å². The van der Waals surface area contributed by atoms with Crippen LogP contribution in [0.15, 0.2) is 84.0 Å². The molecular formula is C28H26N4OS. The minimum atomic E-state index is 0.0639. The van der Waals surface area contributed by atoms with Crippen LogP contribution >= 0.6 is 11.8 Å². The Hall–Kier alpha value is -3.38. The van der Waals surface area contributed by atoms with E-state index < -0.39 is 0 Å². The lowest BCUT2D eigenvalue weighted by Gasteiger charge is -2.25. The summed E-state index contributed by atoms with van der Waals surface area (Å²) in [6.07, 6.45) is 4.19. The zero-order valence-electron chi connectivity index (χ0n) is 18.9. The lowest BCUT2D eigenvalue weighted by molar-refractivity contribution is -0.115. The lowest BCUT2D eigenvalue weighted by atomic mass is 10.0. The van der Waals surface area contributed by atoms with Crippen molar-refractivity contribution in [3.63, 3.8) is 0 Å². The van der Waals surface area contributed by atoms with E-state index in [1.165, 1.54) is 28.5 Å². The number of rotatable bonds is 6. The van der Waals surface area contributed by atoms with E-state index in [9.17, 15) is 4.79 Å². The van der Waals surface area contributed by atoms with Gasteiger partial charge in [0.15, 0.2) is 5.16 Å². The standard InChI is InChI=1S/C28H26N4OS/c33-26(32-24-12-6-4-10-21(24)14-15-22-11-5-7-13-25(22)32)19-34-28-30-29-27(23-16-17-23)31(28)18-20-8-2-1-3-9-20/h1-13,23H,14-19H2. The zero-order valence-corrected chi connectivity index (χ0v) is 19.7. The average molecular weight is 467 g/mol. The van der Waals surface area contributed by atoms with Gasteiger partial charge in [0.25, 0.3) is 0 Å². The molecule has 34 heavy (non-hydrogen) atoms. The van der Waals surface area contributed by atoms with Crippen LogP contribution in [0.5, 0.6) is 0 Å². The third-order valence-electron chi connectivity index (χ3n) is 6.57. The van der Waals surface area contributed by atoms with E-state index in [-0.39, 0.29) is 5.91 Å². The molecule has 0 N–H and O–H groups in total. The minimum absolute atomic E-state index is 0.0639. The third kappa shape index (κ3) is 4.14. The van der Waals surface area contributed by atoms with Gasteiger partial charge < -0.3 is 4.57 Å². The van der Waals surface area contributed by atoms with Crippen molar-refractivity contribution in [3.8, 4) is 0 Å². The van der Waals surface area contributed by atoms with Gasteiger partial charge in [0, 0.05) is 5.92 Å². The number of hydrogen-bond acceptors (Lipinski definition) is 4. The Kier molecular flexibility index (Phi) is 5.67. The van der Waals surface area contributed by atoms with Crippen molar-refractivity contribution in [1.29, 1.82) is 0 Å². The molecule has 6 rings (SSSR count). The third-order valence-corrected chi connectivity index (χ3v) is 7.53. The molecular weight excluding hydrogens is 440 g/mol. The van der Waals surface area contributed by atoms with Crippen LogP contribution in [0.25, 0.3) is 0 Å². The number of hydrogen-bond donors (Lipinski definition) is 0. The second-order valence-electron chi connectivity index (χ2n) is 8.96. The molecule has 170 valence electrons. The zero-order chi connectivity index (χ0) is 22.9. The number of thioether (sulfide) groups is 1. The summed E-state index contributed by atoms with van der Waals surface area (Å²) in [5.41, 5.74) is 5.61. The number of anilines is 2. The SMILES string of the molecule is O=C(CSc1nnc(C2CC2)n1Cc1ccccc1)N1c2ccccc2CCc2ccccc21. The Morgan fingerprint density at radius 3 is 2.09 bits per heavy atom. The summed E-state index contributed by atoms with van der Waals surface area (Å²) in [7, 11) is 0. The summed E-state index contributed by atoms with van der Waals surface area (Å²) in [4.78, 5) is 15.6. The minimum Gasteiger partial charge on any atom is -0.301 e. The molecule has 2 aliphatic rings. The van der Waals surface area contributed by atoms with Crippen LogP contribution in [-0.4, -0.2) is 26.4 Å². The normalized spacial score (nSPS) is 14.9. The van der Waals surface area contributed by atoms with Crippen molar-refractivity contribution < 1.29 is 4.79 Å². The molecule has 0 atom stereocenters. The largest absolute Gasteiger partial charge is 0.301 e. The average Bonchev–Trinajstić information content (AvgIpc) is 3.67. The number of carbonyl (C=O) groups excluding carboxylic acids is 1. The van der Waals surface area contributed by atoms with Crippen LogP contribution in [0.3, 0.4) is 0 Å². The van der Waals surface area contributed by atoms with Gasteiger partial charge in [-0.1, -0.05) is 78.5 Å². The summed E-state index contributed by atoms with van der Waals surface area (Å²) >= 11 is 1.49. The van der Waals surface area contributed by atoms with E-state index in [0.717, 1.165) is 54.6 Å². The van der Waals surface area contributed by atoms with Crippen LogP contribution < -0.4 is 4.90 Å². The number of aryl methyl sites for hydroxylation is 2. The highest BCUT2D eigenvalue weighted by Crippen LogP contribution is 2.41. The molecule has 0 unspecified atom stereocenters. The summed E-state index contributed by atoms with van der Waals surface area (Å²) < 4.78 is 2.20. The molecule has 2 heterocycles. The first-order chi connectivity index (χ1) is 16.8.